The Morgan fingerprint density at radius 2 is 1.85 bits per heavy atom. The van der Waals surface area contributed by atoms with E-state index in [1.165, 1.54) is 31.5 Å². The van der Waals surface area contributed by atoms with Crippen molar-refractivity contribution in [1.82, 2.24) is 4.98 Å². The van der Waals surface area contributed by atoms with Crippen molar-refractivity contribution in [1.29, 1.82) is 0 Å². The molecule has 14 heteroatoms. The minimum Gasteiger partial charge on any atom is -0.493 e. The van der Waals surface area contributed by atoms with Gasteiger partial charge in [-0.1, -0.05) is 0 Å². The van der Waals surface area contributed by atoms with Crippen LogP contribution in [0, 0.1) is 5.82 Å². The van der Waals surface area contributed by atoms with Crippen LogP contribution in [-0.2, 0) is 0 Å². The van der Waals surface area contributed by atoms with Crippen LogP contribution < -0.4 is 34.7 Å². The molecule has 0 saturated heterocycles. The van der Waals surface area contributed by atoms with Crippen molar-refractivity contribution in [2.75, 3.05) is 19.0 Å². The maximum atomic E-state index is 15.8. The van der Waals surface area contributed by atoms with Crippen LogP contribution in [0.25, 0.3) is 0 Å². The molecule has 0 spiro atoms. The number of halogens is 4. The normalized spacial score (nSPS) is 13.8. The smallest absolute Gasteiger partial charge is 0.493 e. The average molecular weight is 551 g/mol. The van der Waals surface area contributed by atoms with Gasteiger partial charge in [0.1, 0.15) is 35.0 Å². The number of carbonyl (C=O) groups is 2. The van der Waals surface area contributed by atoms with Crippen molar-refractivity contribution < 1.29 is 50.8 Å². The number of carbonyl (C=O) groups excluding carboxylic acids is 2. The molecule has 2 aromatic carbocycles. The summed E-state index contributed by atoms with van der Waals surface area (Å²) in [5.74, 6) is -4.78. The molecule has 39 heavy (non-hydrogen) atoms. The fraction of sp³-hybridized carbons (Fsp3) is 0.240. The zero-order valence-electron chi connectivity index (χ0n) is 20.6. The first-order chi connectivity index (χ1) is 18.3. The second-order valence-electron chi connectivity index (χ2n) is 8.75. The molecule has 3 aromatic rings. The van der Waals surface area contributed by atoms with E-state index in [0.29, 0.717) is 0 Å². The highest BCUT2D eigenvalue weighted by molar-refractivity contribution is 6.07. The molecule has 2 heterocycles. The van der Waals surface area contributed by atoms with Crippen LogP contribution in [-0.4, -0.2) is 42.5 Å². The van der Waals surface area contributed by atoms with E-state index in [2.05, 4.69) is 15.0 Å². The Kier molecular flexibility index (Phi) is 7.13. The lowest BCUT2D eigenvalue weighted by Crippen LogP contribution is -2.39. The van der Waals surface area contributed by atoms with E-state index < -0.39 is 40.9 Å². The summed E-state index contributed by atoms with van der Waals surface area (Å²) in [6, 6.07) is 6.66. The van der Waals surface area contributed by atoms with Crippen molar-refractivity contribution in [3.63, 3.8) is 0 Å². The van der Waals surface area contributed by atoms with E-state index in [1.807, 2.05) is 0 Å². The first-order valence-corrected chi connectivity index (χ1v) is 11.1. The van der Waals surface area contributed by atoms with Crippen LogP contribution in [0.15, 0.2) is 42.6 Å². The molecule has 1 aliphatic heterocycles. The number of alkyl halides is 3. The molecular formula is C25H21F4N3O7. The third kappa shape index (κ3) is 6.22. The van der Waals surface area contributed by atoms with Gasteiger partial charge < -0.3 is 34.7 Å². The van der Waals surface area contributed by atoms with E-state index in [1.54, 1.807) is 13.8 Å². The van der Waals surface area contributed by atoms with Gasteiger partial charge in [-0.15, -0.1) is 13.2 Å². The number of hydrogen-bond donors (Lipinski definition) is 2. The number of nitrogens with one attached hydrogen (secondary N) is 1. The van der Waals surface area contributed by atoms with Crippen molar-refractivity contribution in [2.45, 2.75) is 25.8 Å². The summed E-state index contributed by atoms with van der Waals surface area (Å²) in [4.78, 5) is 28.5. The number of fused-ring (bicyclic) bond motifs is 1. The highest BCUT2D eigenvalue weighted by atomic mass is 19.4. The zero-order valence-corrected chi connectivity index (χ0v) is 20.6. The van der Waals surface area contributed by atoms with E-state index in [0.717, 1.165) is 18.2 Å². The number of anilines is 1. The van der Waals surface area contributed by atoms with E-state index >= 15 is 4.39 Å². The molecule has 4 rings (SSSR count). The van der Waals surface area contributed by atoms with Crippen LogP contribution >= 0.6 is 0 Å². The van der Waals surface area contributed by atoms with Gasteiger partial charge in [-0.25, -0.2) is 4.39 Å². The fourth-order valence-electron chi connectivity index (χ4n) is 3.52. The monoisotopic (exact) mass is 551 g/mol. The fourth-order valence-corrected chi connectivity index (χ4v) is 3.52. The molecular weight excluding hydrogens is 530 g/mol. The van der Waals surface area contributed by atoms with Crippen molar-refractivity contribution in [3.8, 4) is 34.5 Å². The first-order valence-electron chi connectivity index (χ1n) is 11.1. The number of rotatable bonds is 7. The summed E-state index contributed by atoms with van der Waals surface area (Å²) in [7, 11) is 1.17. The number of hydrogen-bond acceptors (Lipinski definition) is 8. The Labute approximate surface area is 218 Å². The molecule has 0 bridgehead atoms. The molecule has 0 saturated carbocycles. The van der Waals surface area contributed by atoms with Gasteiger partial charge in [0.2, 0.25) is 0 Å². The van der Waals surface area contributed by atoms with Gasteiger partial charge in [0, 0.05) is 24.0 Å². The number of methoxy groups -OCH3 is 1. The lowest BCUT2D eigenvalue weighted by molar-refractivity contribution is -0.274. The predicted octanol–water partition coefficient (Wildman–Crippen LogP) is 4.82. The van der Waals surface area contributed by atoms with Crippen LogP contribution in [0.2, 0.25) is 0 Å². The molecule has 3 N–H and O–H groups in total. The number of primary amides is 1. The van der Waals surface area contributed by atoms with Gasteiger partial charge in [-0.3, -0.25) is 14.6 Å². The molecule has 0 fully saturated rings. The molecule has 0 atom stereocenters. The van der Waals surface area contributed by atoms with Crippen molar-refractivity contribution in [3.05, 3.63) is 59.7 Å². The average Bonchev–Trinajstić information content (AvgIpc) is 2.84. The molecule has 1 aromatic heterocycles. The zero-order chi connectivity index (χ0) is 28.5. The Morgan fingerprint density at radius 1 is 1.10 bits per heavy atom. The summed E-state index contributed by atoms with van der Waals surface area (Å²) >= 11 is 0. The van der Waals surface area contributed by atoms with Gasteiger partial charge in [0.25, 0.3) is 11.8 Å². The maximum absolute atomic E-state index is 15.8. The van der Waals surface area contributed by atoms with Gasteiger partial charge >= 0.3 is 6.36 Å². The van der Waals surface area contributed by atoms with Crippen LogP contribution in [0.5, 0.6) is 34.5 Å². The quantitative estimate of drug-likeness (QED) is 0.400. The lowest BCUT2D eigenvalue weighted by Gasteiger charge is -2.33. The molecule has 2 amide bonds. The number of nitrogens with two attached hydrogens (primary N) is 1. The SMILES string of the molecule is COc1cc(OC(F)(F)F)ccc1Oc1cc2c(c(F)c1C(=O)Nc1ccnc(C(N)=O)c1)OC(C)(C)CO2. The molecule has 1 aliphatic rings. The molecule has 206 valence electrons. The second-order valence-corrected chi connectivity index (χ2v) is 8.75. The molecule has 0 radical (unpaired) electrons. The number of pyridine rings is 1. The van der Waals surface area contributed by atoms with Gasteiger partial charge in [0.15, 0.2) is 28.8 Å². The summed E-state index contributed by atoms with van der Waals surface area (Å²) in [5, 5.41) is 2.43. The lowest BCUT2D eigenvalue weighted by atomic mass is 10.1. The van der Waals surface area contributed by atoms with Gasteiger partial charge in [-0.2, -0.15) is 0 Å². The van der Waals surface area contributed by atoms with E-state index in [4.69, 9.17) is 24.7 Å². The van der Waals surface area contributed by atoms with Crippen molar-refractivity contribution in [2.24, 2.45) is 5.73 Å². The first kappa shape index (κ1) is 27.3. The third-order valence-electron chi connectivity index (χ3n) is 5.19. The van der Waals surface area contributed by atoms with Gasteiger partial charge in [-0.05, 0) is 38.1 Å². The number of benzene rings is 2. The molecule has 0 aliphatic carbocycles. The number of nitrogens with zero attached hydrogens (tertiary/aromatic N) is 1. The highest BCUT2D eigenvalue weighted by Crippen LogP contribution is 2.46. The number of ether oxygens (including phenoxy) is 5. The topological polar surface area (TPSA) is 131 Å². The molecule has 10 nitrogen and oxygen atoms in total. The number of aromatic nitrogens is 1. The van der Waals surface area contributed by atoms with Crippen LogP contribution in [0.4, 0.5) is 23.2 Å². The van der Waals surface area contributed by atoms with Crippen LogP contribution in [0.3, 0.4) is 0 Å². The van der Waals surface area contributed by atoms with E-state index in [-0.39, 0.29) is 46.7 Å². The minimum atomic E-state index is -4.95. The van der Waals surface area contributed by atoms with Crippen LogP contribution in [0.1, 0.15) is 34.7 Å². The second kappa shape index (κ2) is 10.2. The summed E-state index contributed by atoms with van der Waals surface area (Å²) in [6.45, 7) is 3.35. The predicted molar refractivity (Wildman–Crippen MR) is 127 cm³/mol. The standard InChI is InChI=1S/C25H21F4N3O7/c1-24(2)11-36-18-10-17(37-15-5-4-13(9-16(15)35-3)38-25(27,28)29)19(20(26)21(18)39-24)23(34)32-12-6-7-31-14(8-12)22(30)33/h4-10H,11H2,1-3H3,(H2,30,33)(H,31,32,34). The Hall–Kier alpha value is -4.75. The van der Waals surface area contributed by atoms with E-state index in [9.17, 15) is 22.8 Å². The Balaban J connectivity index is 1.77. The Morgan fingerprint density at radius 3 is 2.51 bits per heavy atom. The summed E-state index contributed by atoms with van der Waals surface area (Å²) < 4.78 is 79.8. The largest absolute Gasteiger partial charge is 0.573 e. The Bertz CT molecular complexity index is 1440. The van der Waals surface area contributed by atoms with Gasteiger partial charge in [0.05, 0.1) is 7.11 Å². The highest BCUT2D eigenvalue weighted by Gasteiger charge is 2.36. The third-order valence-corrected chi connectivity index (χ3v) is 5.19. The maximum Gasteiger partial charge on any atom is 0.573 e. The number of amides is 2. The molecule has 0 unspecified atom stereocenters. The summed E-state index contributed by atoms with van der Waals surface area (Å²) in [5.41, 5.74) is 3.57. The van der Waals surface area contributed by atoms with Crippen molar-refractivity contribution >= 4 is 17.5 Å². The minimum absolute atomic E-state index is 0.0458. The summed E-state index contributed by atoms with van der Waals surface area (Å²) in [6.07, 6.45) is -3.74.